The molecule has 0 fully saturated rings. The summed E-state index contributed by atoms with van der Waals surface area (Å²) in [6, 6.07) is 114. The molecular weight excluding hydrogens is 1520 g/mol. The highest BCUT2D eigenvalue weighted by molar-refractivity contribution is 14.1. The Morgan fingerprint density at radius 2 is 0.711 bits per heavy atom. The van der Waals surface area contributed by atoms with Crippen molar-refractivity contribution in [1.82, 2.24) is 4.98 Å². The Morgan fingerprint density at radius 3 is 1.23 bits per heavy atom. The molecule has 14 aromatic carbocycles. The van der Waals surface area contributed by atoms with Gasteiger partial charge < -0.3 is 11.1 Å². The maximum Gasteiger partial charge on any atom is 0.255 e. The maximum absolute atomic E-state index is 12.7. The van der Waals surface area contributed by atoms with Gasteiger partial charge in [-0.15, -0.1) is 0 Å². The van der Waals surface area contributed by atoms with Gasteiger partial charge in [0.1, 0.15) is 0 Å². The molecule has 0 saturated heterocycles. The van der Waals surface area contributed by atoms with E-state index in [4.69, 9.17) is 57.1 Å². The van der Waals surface area contributed by atoms with E-state index >= 15 is 0 Å². The number of rotatable bonds is 9. The Hall–Kier alpha value is -9.13. The highest BCUT2D eigenvalue weighted by Crippen LogP contribution is 2.41. The quantitative estimate of drug-likeness (QED) is 0.0860. The number of fused-ring (bicyclic) bond motifs is 3. The van der Waals surface area contributed by atoms with Gasteiger partial charge in [0, 0.05) is 82.4 Å². The molecule has 0 aliphatic carbocycles. The van der Waals surface area contributed by atoms with Crippen LogP contribution in [0.15, 0.2) is 355 Å². The van der Waals surface area contributed by atoms with Gasteiger partial charge in [-0.3, -0.25) is 4.79 Å². The number of nitrogens with zero attached hydrogens (tertiary/aromatic N) is 1. The Kier molecular flexibility index (Phi) is 24.4. The van der Waals surface area contributed by atoms with Crippen LogP contribution in [-0.4, -0.2) is 10.9 Å². The first kappa shape index (κ1) is 69.2. The van der Waals surface area contributed by atoms with Crippen molar-refractivity contribution in [2.45, 2.75) is 0 Å². The van der Waals surface area contributed by atoms with Gasteiger partial charge >= 0.3 is 0 Å². The zero-order chi connectivity index (χ0) is 67.5. The van der Waals surface area contributed by atoms with Crippen LogP contribution in [0.3, 0.4) is 0 Å². The molecule has 1 aromatic heterocycles. The Labute approximate surface area is 616 Å². The van der Waals surface area contributed by atoms with Crippen molar-refractivity contribution in [3.8, 4) is 78.0 Å². The first-order valence-electron chi connectivity index (χ1n) is 30.9. The number of para-hydroxylation sites is 3. The van der Waals surface area contributed by atoms with Gasteiger partial charge in [-0.2, -0.15) is 0 Å². The highest BCUT2D eigenvalue weighted by atomic mass is 127. The van der Waals surface area contributed by atoms with Gasteiger partial charge in [-0.25, -0.2) is 4.98 Å². The summed E-state index contributed by atoms with van der Waals surface area (Å²) in [5.74, 6) is -0.128. The molecule has 4 nitrogen and oxygen atoms in total. The first-order chi connectivity index (χ1) is 47.4. The van der Waals surface area contributed by atoms with Gasteiger partial charge in [-0.1, -0.05) is 311 Å². The minimum Gasteiger partial charge on any atom is -0.398 e. The van der Waals surface area contributed by atoms with Crippen molar-refractivity contribution in [3.05, 3.63) is 384 Å². The summed E-state index contributed by atoms with van der Waals surface area (Å²) in [6.07, 6.45) is 0. The molecule has 97 heavy (non-hydrogen) atoms. The van der Waals surface area contributed by atoms with E-state index in [1.807, 2.05) is 224 Å². The normalized spacial score (nSPS) is 10.5. The minimum absolute atomic E-state index is 0.128. The van der Waals surface area contributed by atoms with Crippen molar-refractivity contribution in [2.75, 3.05) is 11.1 Å². The number of aromatic nitrogens is 1. The maximum atomic E-state index is 12.7. The molecule has 0 radical (unpaired) electrons. The molecule has 0 unspecified atom stereocenters. The van der Waals surface area contributed by atoms with Crippen LogP contribution >= 0.6 is 101 Å². The lowest BCUT2D eigenvalue weighted by molar-refractivity contribution is 0.102. The number of amides is 1. The molecule has 0 bridgehead atoms. The van der Waals surface area contributed by atoms with Crippen LogP contribution in [0.4, 0.5) is 11.4 Å². The molecule has 474 valence electrons. The number of carbonyl (C=O) groups is 1. The van der Waals surface area contributed by atoms with Crippen molar-refractivity contribution < 1.29 is 4.79 Å². The molecule has 1 amide bonds. The van der Waals surface area contributed by atoms with Crippen LogP contribution < -0.4 is 11.1 Å². The minimum atomic E-state index is -0.128. The second kappa shape index (κ2) is 34.2. The summed E-state index contributed by atoms with van der Waals surface area (Å²) >= 11 is 33.1. The molecule has 11 heteroatoms. The summed E-state index contributed by atoms with van der Waals surface area (Å²) in [5.41, 5.74) is 24.8. The SMILES string of the molecule is Brc1ccccc1I.Clc1ccc(-c2cccc3c(-c4ccccc4)nc4ccccc4c23)cc1.Clc1ccc(-c2ccccc2Br)cc1.Nc1ccccc1-c1ccccc1-c1ccc(Cl)cc1.O=C(Nc1ccccc1-c1ccccc1-c1ccc(Cl)cc1)c1ccccc1. The predicted molar refractivity (Wildman–Crippen MR) is 430 cm³/mol. The lowest BCUT2D eigenvalue weighted by Gasteiger charge is -2.15. The van der Waals surface area contributed by atoms with Crippen molar-refractivity contribution in [1.29, 1.82) is 0 Å². The van der Waals surface area contributed by atoms with Crippen LogP contribution in [0.5, 0.6) is 0 Å². The molecular formula is C86H60Br2Cl4IN3O. The van der Waals surface area contributed by atoms with E-state index in [0.717, 1.165) is 109 Å². The second-order valence-corrected chi connectivity index (χ2v) is 26.7. The number of hydrogen-bond acceptors (Lipinski definition) is 3. The van der Waals surface area contributed by atoms with E-state index < -0.39 is 0 Å². The highest BCUT2D eigenvalue weighted by Gasteiger charge is 2.17. The monoisotopic (exact) mass is 1580 g/mol. The van der Waals surface area contributed by atoms with Gasteiger partial charge in [-0.05, 0) is 191 Å². The molecule has 0 atom stereocenters. The van der Waals surface area contributed by atoms with E-state index in [0.29, 0.717) is 10.6 Å². The predicted octanol–water partition coefficient (Wildman–Crippen LogP) is 27.4. The molecule has 0 aliphatic rings. The van der Waals surface area contributed by atoms with Gasteiger partial charge in [0.25, 0.3) is 5.91 Å². The fourth-order valence-electron chi connectivity index (χ4n) is 11.0. The zero-order valence-corrected chi connectivity index (χ0v) is 60.3. The number of nitrogen functional groups attached to an aromatic ring is 1. The van der Waals surface area contributed by atoms with Crippen LogP contribution in [0, 0.1) is 3.57 Å². The van der Waals surface area contributed by atoms with E-state index in [-0.39, 0.29) is 5.91 Å². The van der Waals surface area contributed by atoms with Gasteiger partial charge in [0.05, 0.1) is 11.2 Å². The van der Waals surface area contributed by atoms with Crippen molar-refractivity contribution >= 4 is 140 Å². The second-order valence-electron chi connectivity index (χ2n) is 22.0. The third kappa shape index (κ3) is 18.1. The van der Waals surface area contributed by atoms with E-state index in [2.05, 4.69) is 169 Å². The largest absolute Gasteiger partial charge is 0.398 e. The molecule has 3 N–H and O–H groups in total. The Morgan fingerprint density at radius 1 is 0.330 bits per heavy atom. The Bertz CT molecular complexity index is 5100. The van der Waals surface area contributed by atoms with Crippen LogP contribution in [-0.2, 0) is 0 Å². The summed E-state index contributed by atoms with van der Waals surface area (Å²) in [6.45, 7) is 0. The lowest BCUT2D eigenvalue weighted by Crippen LogP contribution is -2.12. The summed E-state index contributed by atoms with van der Waals surface area (Å²) in [4.78, 5) is 17.7. The molecule has 15 rings (SSSR count). The first-order valence-corrected chi connectivity index (χ1v) is 35.1. The van der Waals surface area contributed by atoms with Crippen LogP contribution in [0.25, 0.3) is 99.7 Å². The van der Waals surface area contributed by atoms with E-state index in [1.54, 1.807) is 12.1 Å². The topological polar surface area (TPSA) is 68.0 Å². The standard InChI is InChI=1S/C25H18ClNO.C25H16ClN.C18H14ClN.C12H8BrCl.C6H4BrI/c26-20-16-14-18(15-17-20)21-10-4-5-11-22(21)23-12-6-7-13-24(23)27-25(28)19-8-2-1-3-9-19;26-19-15-13-17(14-16-19)20-10-6-11-22-24(20)21-9-4-5-12-23(21)27-25(22)18-7-2-1-3-8-18;19-14-11-9-13(10-12-14)15-5-1-2-6-16(15)17-7-3-4-8-18(17)20;13-12-4-2-1-3-11(12)9-5-7-10(14)8-6-9;7-5-3-1-2-4-6(5)8/h1-17H,(H,27,28);1-16H;1-12H,20H2;1-8H;1-4H. The van der Waals surface area contributed by atoms with Gasteiger partial charge in [0.2, 0.25) is 0 Å². The fraction of sp³-hybridized carbons (Fsp3) is 0. The van der Waals surface area contributed by atoms with Crippen molar-refractivity contribution in [3.63, 3.8) is 0 Å². The van der Waals surface area contributed by atoms with E-state index in [9.17, 15) is 4.79 Å². The van der Waals surface area contributed by atoms with Gasteiger partial charge in [0.15, 0.2) is 0 Å². The number of carbonyl (C=O) groups excluding carboxylic acids is 1. The third-order valence-electron chi connectivity index (χ3n) is 15.7. The van der Waals surface area contributed by atoms with E-state index in [1.165, 1.54) is 30.1 Å². The van der Waals surface area contributed by atoms with Crippen LogP contribution in [0.1, 0.15) is 10.4 Å². The lowest BCUT2D eigenvalue weighted by atomic mass is 9.93. The number of pyridine rings is 1. The van der Waals surface area contributed by atoms with Crippen LogP contribution in [0.2, 0.25) is 20.1 Å². The molecule has 0 saturated carbocycles. The average molecular weight is 1580 g/mol. The molecule has 0 aliphatic heterocycles. The smallest absolute Gasteiger partial charge is 0.255 e. The van der Waals surface area contributed by atoms with Crippen molar-refractivity contribution in [2.24, 2.45) is 0 Å². The Balaban J connectivity index is 0.000000129. The summed E-state index contributed by atoms with van der Waals surface area (Å²) in [7, 11) is 0. The number of benzene rings is 14. The summed E-state index contributed by atoms with van der Waals surface area (Å²) < 4.78 is 3.52. The molecule has 1 heterocycles. The molecule has 15 aromatic rings. The number of nitrogens with one attached hydrogen (secondary N) is 1. The number of anilines is 2. The number of hydrogen-bond donors (Lipinski definition) is 2. The number of halogens is 7. The fourth-order valence-corrected chi connectivity index (χ4v) is 12.7. The third-order valence-corrected chi connectivity index (χ3v) is 19.8. The summed E-state index contributed by atoms with van der Waals surface area (Å²) in [5, 5.41) is 9.56. The zero-order valence-electron chi connectivity index (χ0n) is 52.0. The average Bonchev–Trinajstić information content (AvgIpc) is 0.749. The molecule has 0 spiro atoms. The number of nitrogens with two attached hydrogens (primary N) is 1.